The minimum Gasteiger partial charge on any atom is -0.327 e. The van der Waals surface area contributed by atoms with Gasteiger partial charge in [-0.15, -0.1) is 0 Å². The lowest BCUT2D eigenvalue weighted by atomic mass is 10.4. The number of rotatable bonds is 8. The molecular formula is C13H19N5O2S. The van der Waals surface area contributed by atoms with Crippen LogP contribution in [0.4, 0.5) is 0 Å². The van der Waals surface area contributed by atoms with Crippen LogP contribution in [0, 0.1) is 0 Å². The Labute approximate surface area is 124 Å². The van der Waals surface area contributed by atoms with Gasteiger partial charge in [0, 0.05) is 37.9 Å². The first-order chi connectivity index (χ1) is 10.1. The molecular weight excluding hydrogens is 290 g/mol. The average Bonchev–Trinajstić information content (AvgIpc) is 2.94. The van der Waals surface area contributed by atoms with Gasteiger partial charge in [-0.2, -0.15) is 0 Å². The molecule has 0 amide bonds. The molecule has 0 aliphatic carbocycles. The van der Waals surface area contributed by atoms with Crippen LogP contribution >= 0.6 is 0 Å². The third-order valence-corrected chi connectivity index (χ3v) is 4.39. The summed E-state index contributed by atoms with van der Waals surface area (Å²) in [6, 6.07) is 1.73. The molecule has 0 saturated carbocycles. The molecule has 0 atom stereocenters. The number of sulfonamides is 1. The van der Waals surface area contributed by atoms with Crippen LogP contribution in [0.3, 0.4) is 0 Å². The Bertz CT molecular complexity index is 654. The molecule has 0 unspecified atom stereocenters. The van der Waals surface area contributed by atoms with E-state index in [9.17, 15) is 8.42 Å². The van der Waals surface area contributed by atoms with Gasteiger partial charge in [0.05, 0.1) is 5.75 Å². The summed E-state index contributed by atoms with van der Waals surface area (Å²) in [7, 11) is -3.19. The lowest BCUT2D eigenvalue weighted by Gasteiger charge is -2.08. The number of hydrogen-bond donors (Lipinski definition) is 1. The topological polar surface area (TPSA) is 89.8 Å². The first-order valence-corrected chi connectivity index (χ1v) is 8.53. The minimum atomic E-state index is -3.19. The normalized spacial score (nSPS) is 11.7. The molecule has 114 valence electrons. The summed E-state index contributed by atoms with van der Waals surface area (Å²) in [6.45, 7) is 2.77. The van der Waals surface area contributed by atoms with Crippen molar-refractivity contribution in [2.75, 3.05) is 12.3 Å². The van der Waals surface area contributed by atoms with E-state index in [1.165, 1.54) is 0 Å². The number of nitrogens with zero attached hydrogens (tertiary/aromatic N) is 4. The molecule has 1 N–H and O–H groups in total. The monoisotopic (exact) mass is 309 g/mol. The molecule has 2 aromatic heterocycles. The number of aromatic nitrogens is 4. The van der Waals surface area contributed by atoms with Gasteiger partial charge in [0.25, 0.3) is 0 Å². The third-order valence-electron chi connectivity index (χ3n) is 2.92. The van der Waals surface area contributed by atoms with Gasteiger partial charge in [0.1, 0.15) is 0 Å². The molecule has 0 spiro atoms. The Morgan fingerprint density at radius 3 is 2.67 bits per heavy atom. The zero-order valence-corrected chi connectivity index (χ0v) is 12.8. The zero-order chi connectivity index (χ0) is 15.1. The van der Waals surface area contributed by atoms with Crippen molar-refractivity contribution in [3.05, 3.63) is 30.9 Å². The molecule has 2 aromatic rings. The van der Waals surface area contributed by atoms with Gasteiger partial charge < -0.3 is 4.57 Å². The molecule has 0 aliphatic heterocycles. The molecule has 0 fully saturated rings. The maximum atomic E-state index is 11.7. The van der Waals surface area contributed by atoms with Crippen molar-refractivity contribution in [1.29, 1.82) is 0 Å². The molecule has 2 rings (SSSR count). The zero-order valence-electron chi connectivity index (χ0n) is 11.9. The molecule has 8 heteroatoms. The van der Waals surface area contributed by atoms with E-state index in [0.29, 0.717) is 31.2 Å². The highest BCUT2D eigenvalue weighted by Gasteiger charge is 2.11. The first-order valence-electron chi connectivity index (χ1n) is 6.88. The van der Waals surface area contributed by atoms with Gasteiger partial charge in [-0.1, -0.05) is 13.3 Å². The summed E-state index contributed by atoms with van der Waals surface area (Å²) in [5.74, 6) is 1.32. The van der Waals surface area contributed by atoms with Crippen molar-refractivity contribution in [3.8, 4) is 11.6 Å². The fourth-order valence-corrected chi connectivity index (χ4v) is 3.05. The summed E-state index contributed by atoms with van der Waals surface area (Å²) in [5.41, 5.74) is 0. The van der Waals surface area contributed by atoms with Crippen LogP contribution in [0.15, 0.2) is 30.9 Å². The van der Waals surface area contributed by atoms with Crippen LogP contribution in [0.25, 0.3) is 11.6 Å². The second kappa shape index (κ2) is 7.28. The Balaban J connectivity index is 1.95. The second-order valence-electron chi connectivity index (χ2n) is 4.58. The fourth-order valence-electron chi connectivity index (χ4n) is 1.84. The van der Waals surface area contributed by atoms with Crippen LogP contribution in [-0.4, -0.2) is 40.2 Å². The van der Waals surface area contributed by atoms with E-state index in [1.54, 1.807) is 30.9 Å². The van der Waals surface area contributed by atoms with Gasteiger partial charge in [0.15, 0.2) is 11.6 Å². The Kier molecular flexibility index (Phi) is 5.40. The van der Waals surface area contributed by atoms with Gasteiger partial charge in [-0.05, 0) is 12.5 Å². The van der Waals surface area contributed by atoms with E-state index in [1.807, 2.05) is 11.5 Å². The van der Waals surface area contributed by atoms with Crippen LogP contribution in [0.5, 0.6) is 0 Å². The second-order valence-corrected chi connectivity index (χ2v) is 6.51. The van der Waals surface area contributed by atoms with E-state index >= 15 is 0 Å². The van der Waals surface area contributed by atoms with Crippen LogP contribution < -0.4 is 4.72 Å². The summed E-state index contributed by atoms with van der Waals surface area (Å²) < 4.78 is 27.8. The largest absolute Gasteiger partial charge is 0.327 e. The highest BCUT2D eigenvalue weighted by molar-refractivity contribution is 7.89. The van der Waals surface area contributed by atoms with Crippen LogP contribution in [0.1, 0.15) is 19.8 Å². The molecule has 2 heterocycles. The first kappa shape index (κ1) is 15.6. The van der Waals surface area contributed by atoms with E-state index in [-0.39, 0.29) is 5.75 Å². The molecule has 0 aromatic carbocycles. The van der Waals surface area contributed by atoms with Crippen molar-refractivity contribution < 1.29 is 8.42 Å². The van der Waals surface area contributed by atoms with Gasteiger partial charge in [-0.3, -0.25) is 0 Å². The standard InChI is InChI=1S/C13H19N5O2S/c1-2-3-11-21(19,20)17-8-10-18-9-7-16-13(18)12-14-5-4-6-15-12/h4-7,9,17H,2-3,8,10-11H2,1H3. The molecule has 0 bridgehead atoms. The van der Waals surface area contributed by atoms with Crippen LogP contribution in [0.2, 0.25) is 0 Å². The summed E-state index contributed by atoms with van der Waals surface area (Å²) in [4.78, 5) is 12.5. The Morgan fingerprint density at radius 1 is 1.19 bits per heavy atom. The quantitative estimate of drug-likeness (QED) is 0.787. The third kappa shape index (κ3) is 4.61. The average molecular weight is 309 g/mol. The number of hydrogen-bond acceptors (Lipinski definition) is 5. The Morgan fingerprint density at radius 2 is 1.95 bits per heavy atom. The van der Waals surface area contributed by atoms with E-state index in [0.717, 1.165) is 6.42 Å². The van der Waals surface area contributed by atoms with Gasteiger partial charge >= 0.3 is 0 Å². The molecule has 0 aliphatic rings. The minimum absolute atomic E-state index is 0.169. The van der Waals surface area contributed by atoms with E-state index in [2.05, 4.69) is 19.7 Å². The molecule has 7 nitrogen and oxygen atoms in total. The van der Waals surface area contributed by atoms with Gasteiger partial charge in [0.2, 0.25) is 10.0 Å². The highest BCUT2D eigenvalue weighted by atomic mass is 32.2. The summed E-state index contributed by atoms with van der Waals surface area (Å²) >= 11 is 0. The fraction of sp³-hybridized carbons (Fsp3) is 0.462. The lowest BCUT2D eigenvalue weighted by molar-refractivity contribution is 0.570. The molecule has 0 saturated heterocycles. The molecule has 21 heavy (non-hydrogen) atoms. The van der Waals surface area contributed by atoms with Crippen LogP contribution in [-0.2, 0) is 16.6 Å². The lowest BCUT2D eigenvalue weighted by Crippen LogP contribution is -2.29. The highest BCUT2D eigenvalue weighted by Crippen LogP contribution is 2.10. The Hall–Kier alpha value is -1.80. The maximum Gasteiger partial charge on any atom is 0.211 e. The number of nitrogens with one attached hydrogen (secondary N) is 1. The summed E-state index contributed by atoms with van der Waals surface area (Å²) in [6.07, 6.45) is 8.26. The van der Waals surface area contributed by atoms with Crippen molar-refractivity contribution >= 4 is 10.0 Å². The van der Waals surface area contributed by atoms with E-state index < -0.39 is 10.0 Å². The summed E-state index contributed by atoms with van der Waals surface area (Å²) in [5, 5.41) is 0. The SMILES string of the molecule is CCCCS(=O)(=O)NCCn1ccnc1-c1ncccn1. The maximum absolute atomic E-state index is 11.7. The van der Waals surface area contributed by atoms with E-state index in [4.69, 9.17) is 0 Å². The van der Waals surface area contributed by atoms with Crippen molar-refractivity contribution in [2.45, 2.75) is 26.3 Å². The van der Waals surface area contributed by atoms with Gasteiger partial charge in [-0.25, -0.2) is 28.1 Å². The predicted molar refractivity (Wildman–Crippen MR) is 80.0 cm³/mol. The smallest absolute Gasteiger partial charge is 0.211 e. The van der Waals surface area contributed by atoms with Crippen molar-refractivity contribution in [2.24, 2.45) is 0 Å². The number of unbranched alkanes of at least 4 members (excludes halogenated alkanes) is 1. The molecule has 0 radical (unpaired) electrons. The predicted octanol–water partition coefficient (Wildman–Crippen LogP) is 1.06. The number of imidazole rings is 1. The van der Waals surface area contributed by atoms with Crippen molar-refractivity contribution in [3.63, 3.8) is 0 Å². The van der Waals surface area contributed by atoms with Crippen molar-refractivity contribution in [1.82, 2.24) is 24.2 Å².